The highest BCUT2D eigenvalue weighted by Gasteiger charge is 2.21. The topological polar surface area (TPSA) is 51.2 Å². The molecule has 4 heteroatoms. The van der Waals surface area contributed by atoms with Crippen LogP contribution in [-0.2, 0) is 9.53 Å². The summed E-state index contributed by atoms with van der Waals surface area (Å²) >= 11 is 0. The lowest BCUT2D eigenvalue weighted by molar-refractivity contribution is -0.143. The first-order valence-corrected chi connectivity index (χ1v) is 6.77. The molecule has 106 valence electrons. The van der Waals surface area contributed by atoms with E-state index in [9.17, 15) is 4.79 Å². The molecule has 0 aliphatic rings. The molecule has 1 unspecified atom stereocenters. The molecule has 0 spiro atoms. The van der Waals surface area contributed by atoms with Gasteiger partial charge in [-0.1, -0.05) is 26.0 Å². The van der Waals surface area contributed by atoms with Crippen LogP contribution >= 0.6 is 0 Å². The van der Waals surface area contributed by atoms with Crippen LogP contribution in [0.3, 0.4) is 0 Å². The Hall–Kier alpha value is -1.94. The van der Waals surface area contributed by atoms with Gasteiger partial charge in [-0.15, -0.1) is 0 Å². The molecular formula is C16H20N2O2. The Kier molecular flexibility index (Phi) is 4.69. The number of fused-ring (bicyclic) bond motifs is 1. The van der Waals surface area contributed by atoms with Crippen LogP contribution in [0.4, 0.5) is 0 Å². The first-order valence-electron chi connectivity index (χ1n) is 6.77. The van der Waals surface area contributed by atoms with Gasteiger partial charge in [0.05, 0.1) is 12.6 Å². The van der Waals surface area contributed by atoms with E-state index in [0.717, 1.165) is 23.0 Å². The molecule has 4 nitrogen and oxygen atoms in total. The maximum atomic E-state index is 12.0. The number of methoxy groups -OCH3 is 1. The summed E-state index contributed by atoms with van der Waals surface area (Å²) in [6.07, 6.45) is 1.76. The van der Waals surface area contributed by atoms with Crippen molar-refractivity contribution in [3.05, 3.63) is 42.1 Å². The standard InChI is InChI=1S/C16H20N2O2/c1-11(2)10-18-15(16(19)20-3)13-6-7-14-12(9-13)5-4-8-17-14/h4-9,11,15,18H,10H2,1-3H3. The number of carbonyl (C=O) groups is 1. The Morgan fingerprint density at radius 3 is 2.85 bits per heavy atom. The first kappa shape index (κ1) is 14.5. The van der Waals surface area contributed by atoms with Gasteiger partial charge >= 0.3 is 5.97 Å². The highest BCUT2D eigenvalue weighted by atomic mass is 16.5. The lowest BCUT2D eigenvalue weighted by Crippen LogP contribution is -2.32. The minimum Gasteiger partial charge on any atom is -0.468 e. The molecule has 0 aliphatic heterocycles. The molecule has 0 aliphatic carbocycles. The van der Waals surface area contributed by atoms with Crippen LogP contribution in [0.2, 0.25) is 0 Å². The van der Waals surface area contributed by atoms with E-state index in [-0.39, 0.29) is 5.97 Å². The van der Waals surface area contributed by atoms with Crippen molar-refractivity contribution in [2.24, 2.45) is 5.92 Å². The summed E-state index contributed by atoms with van der Waals surface area (Å²) in [5, 5.41) is 4.27. The van der Waals surface area contributed by atoms with E-state index in [2.05, 4.69) is 24.1 Å². The molecule has 0 saturated carbocycles. The molecule has 2 aromatic rings. The lowest BCUT2D eigenvalue weighted by Gasteiger charge is -2.18. The molecule has 0 fully saturated rings. The van der Waals surface area contributed by atoms with Gasteiger partial charge in [-0.2, -0.15) is 0 Å². The van der Waals surface area contributed by atoms with Gasteiger partial charge < -0.3 is 10.1 Å². The van der Waals surface area contributed by atoms with Crippen molar-refractivity contribution in [2.45, 2.75) is 19.9 Å². The lowest BCUT2D eigenvalue weighted by atomic mass is 10.0. The SMILES string of the molecule is COC(=O)C(NCC(C)C)c1ccc2ncccc2c1. The summed E-state index contributed by atoms with van der Waals surface area (Å²) in [7, 11) is 1.41. The predicted molar refractivity (Wildman–Crippen MR) is 79.3 cm³/mol. The zero-order valence-corrected chi connectivity index (χ0v) is 12.1. The summed E-state index contributed by atoms with van der Waals surface area (Å²) in [4.78, 5) is 16.2. The van der Waals surface area contributed by atoms with Gasteiger partial charge in [-0.3, -0.25) is 4.98 Å². The van der Waals surface area contributed by atoms with Gasteiger partial charge in [0.1, 0.15) is 6.04 Å². The second-order valence-corrected chi connectivity index (χ2v) is 5.21. The molecule has 0 radical (unpaired) electrons. The molecule has 1 aromatic carbocycles. The van der Waals surface area contributed by atoms with E-state index >= 15 is 0 Å². The Bertz CT molecular complexity index is 596. The molecule has 0 saturated heterocycles. The normalized spacial score (nSPS) is 12.6. The number of carbonyl (C=O) groups excluding carboxylic acids is 1. The second-order valence-electron chi connectivity index (χ2n) is 5.21. The third kappa shape index (κ3) is 3.33. The number of pyridine rings is 1. The van der Waals surface area contributed by atoms with Crippen molar-refractivity contribution < 1.29 is 9.53 Å². The molecule has 1 heterocycles. The molecular weight excluding hydrogens is 252 g/mol. The van der Waals surface area contributed by atoms with Crippen LogP contribution < -0.4 is 5.32 Å². The van der Waals surface area contributed by atoms with E-state index in [1.807, 2.05) is 30.3 Å². The van der Waals surface area contributed by atoms with Gasteiger partial charge in [-0.05, 0) is 36.2 Å². The fourth-order valence-corrected chi connectivity index (χ4v) is 2.08. The minimum absolute atomic E-state index is 0.270. The number of rotatable bonds is 5. The van der Waals surface area contributed by atoms with Crippen LogP contribution in [0, 0.1) is 5.92 Å². The van der Waals surface area contributed by atoms with Crippen molar-refractivity contribution in [1.29, 1.82) is 0 Å². The summed E-state index contributed by atoms with van der Waals surface area (Å²) in [5.41, 5.74) is 1.82. The molecule has 20 heavy (non-hydrogen) atoms. The highest BCUT2D eigenvalue weighted by molar-refractivity contribution is 5.83. The fourth-order valence-electron chi connectivity index (χ4n) is 2.08. The Morgan fingerprint density at radius 2 is 2.15 bits per heavy atom. The third-order valence-corrected chi connectivity index (χ3v) is 3.13. The number of hydrogen-bond acceptors (Lipinski definition) is 4. The summed E-state index contributed by atoms with van der Waals surface area (Å²) in [6, 6.07) is 9.27. The maximum absolute atomic E-state index is 12.0. The monoisotopic (exact) mass is 272 g/mol. The minimum atomic E-state index is -0.438. The Labute approximate surface area is 119 Å². The van der Waals surface area contributed by atoms with E-state index in [0.29, 0.717) is 5.92 Å². The molecule has 1 N–H and O–H groups in total. The molecule has 0 bridgehead atoms. The zero-order valence-electron chi connectivity index (χ0n) is 12.1. The number of nitrogens with one attached hydrogen (secondary N) is 1. The van der Waals surface area contributed by atoms with Gasteiger partial charge in [0.25, 0.3) is 0 Å². The largest absolute Gasteiger partial charge is 0.468 e. The third-order valence-electron chi connectivity index (χ3n) is 3.13. The molecule has 2 rings (SSSR count). The number of benzene rings is 1. The Balaban J connectivity index is 2.32. The highest BCUT2D eigenvalue weighted by Crippen LogP contribution is 2.20. The number of nitrogens with zero attached hydrogens (tertiary/aromatic N) is 1. The van der Waals surface area contributed by atoms with Crippen molar-refractivity contribution in [1.82, 2.24) is 10.3 Å². The van der Waals surface area contributed by atoms with E-state index in [1.165, 1.54) is 7.11 Å². The van der Waals surface area contributed by atoms with E-state index < -0.39 is 6.04 Å². The van der Waals surface area contributed by atoms with Gasteiger partial charge in [-0.25, -0.2) is 4.79 Å². The average molecular weight is 272 g/mol. The number of esters is 1. The van der Waals surface area contributed by atoms with Crippen molar-refractivity contribution >= 4 is 16.9 Å². The van der Waals surface area contributed by atoms with Crippen LogP contribution in [0.5, 0.6) is 0 Å². The van der Waals surface area contributed by atoms with Crippen LogP contribution in [0.1, 0.15) is 25.5 Å². The first-order chi connectivity index (χ1) is 9.61. The maximum Gasteiger partial charge on any atom is 0.327 e. The average Bonchev–Trinajstić information content (AvgIpc) is 2.46. The van der Waals surface area contributed by atoms with Gasteiger partial charge in [0.2, 0.25) is 0 Å². The molecule has 0 amide bonds. The van der Waals surface area contributed by atoms with Crippen molar-refractivity contribution in [3.8, 4) is 0 Å². The summed E-state index contributed by atoms with van der Waals surface area (Å²) in [5.74, 6) is 0.193. The second kappa shape index (κ2) is 6.48. The van der Waals surface area contributed by atoms with E-state index in [1.54, 1.807) is 6.20 Å². The fraction of sp³-hybridized carbons (Fsp3) is 0.375. The smallest absolute Gasteiger partial charge is 0.327 e. The van der Waals surface area contributed by atoms with Crippen molar-refractivity contribution in [3.63, 3.8) is 0 Å². The van der Waals surface area contributed by atoms with Crippen LogP contribution in [0.15, 0.2) is 36.5 Å². The van der Waals surface area contributed by atoms with Crippen molar-refractivity contribution in [2.75, 3.05) is 13.7 Å². The Morgan fingerprint density at radius 1 is 1.35 bits per heavy atom. The number of aromatic nitrogens is 1. The van der Waals surface area contributed by atoms with Crippen LogP contribution in [0.25, 0.3) is 10.9 Å². The van der Waals surface area contributed by atoms with Gasteiger partial charge in [0, 0.05) is 11.6 Å². The molecule has 1 aromatic heterocycles. The molecule has 1 atom stereocenters. The number of ether oxygens (including phenoxy) is 1. The van der Waals surface area contributed by atoms with E-state index in [4.69, 9.17) is 4.74 Å². The summed E-state index contributed by atoms with van der Waals surface area (Å²) < 4.78 is 4.89. The number of hydrogen-bond donors (Lipinski definition) is 1. The summed E-state index contributed by atoms with van der Waals surface area (Å²) in [6.45, 7) is 4.96. The predicted octanol–water partition coefficient (Wildman–Crippen LogP) is 2.69. The zero-order chi connectivity index (χ0) is 14.5. The van der Waals surface area contributed by atoms with Gasteiger partial charge in [0.15, 0.2) is 0 Å². The quantitative estimate of drug-likeness (QED) is 0.850. The van der Waals surface area contributed by atoms with Crippen LogP contribution in [-0.4, -0.2) is 24.6 Å².